The van der Waals surface area contributed by atoms with Gasteiger partial charge in [-0.05, 0) is 25.3 Å². The van der Waals surface area contributed by atoms with Crippen LogP contribution in [-0.4, -0.2) is 42.7 Å². The highest BCUT2D eigenvalue weighted by atomic mass is 19.1. The molecule has 0 aliphatic carbocycles. The molecule has 0 saturated carbocycles. The zero-order valence-electron chi connectivity index (χ0n) is 15.1. The summed E-state index contributed by atoms with van der Waals surface area (Å²) in [6.45, 7) is 4.00. The molecular formula is C20H29FN2O2. The van der Waals surface area contributed by atoms with E-state index in [2.05, 4.69) is 17.1 Å². The number of carbonyl (C=O) groups excluding carboxylic acids is 1. The van der Waals surface area contributed by atoms with Crippen molar-refractivity contribution in [1.29, 1.82) is 0 Å². The quantitative estimate of drug-likeness (QED) is 0.854. The van der Waals surface area contributed by atoms with Gasteiger partial charge in [-0.1, -0.05) is 31.5 Å². The monoisotopic (exact) mass is 348 g/mol. The highest BCUT2D eigenvalue weighted by molar-refractivity contribution is 5.76. The van der Waals surface area contributed by atoms with Gasteiger partial charge in [-0.2, -0.15) is 0 Å². The second kappa shape index (κ2) is 8.17. The fourth-order valence-electron chi connectivity index (χ4n) is 3.96. The summed E-state index contributed by atoms with van der Waals surface area (Å²) in [4.78, 5) is 14.4. The largest absolute Gasteiger partial charge is 0.487 e. The molecule has 1 unspecified atom stereocenters. The second-order valence-corrected chi connectivity index (χ2v) is 7.28. The molecule has 1 aromatic carbocycles. The van der Waals surface area contributed by atoms with Crippen LogP contribution in [0.1, 0.15) is 57.1 Å². The molecule has 1 saturated heterocycles. The molecule has 2 aliphatic rings. The van der Waals surface area contributed by atoms with Gasteiger partial charge in [-0.3, -0.25) is 4.79 Å². The van der Waals surface area contributed by atoms with E-state index in [0.717, 1.165) is 56.5 Å². The fourth-order valence-corrected chi connectivity index (χ4v) is 3.96. The van der Waals surface area contributed by atoms with Crippen molar-refractivity contribution in [3.05, 3.63) is 29.8 Å². The van der Waals surface area contributed by atoms with Crippen LogP contribution in [0.25, 0.3) is 0 Å². The first-order chi connectivity index (χ1) is 12.2. The number of fused-ring (bicyclic) bond motifs is 1. The third-order valence-corrected chi connectivity index (χ3v) is 5.46. The van der Waals surface area contributed by atoms with E-state index in [1.165, 1.54) is 0 Å². The average molecular weight is 348 g/mol. The average Bonchev–Trinajstić information content (AvgIpc) is 2.62. The Morgan fingerprint density at radius 2 is 2.12 bits per heavy atom. The fraction of sp³-hybridized carbons (Fsp3) is 0.650. The first-order valence-corrected chi connectivity index (χ1v) is 9.51. The number of amides is 1. The minimum Gasteiger partial charge on any atom is -0.487 e. The highest BCUT2D eigenvalue weighted by Crippen LogP contribution is 2.44. The Hall–Kier alpha value is -1.62. The van der Waals surface area contributed by atoms with Crippen LogP contribution >= 0.6 is 0 Å². The zero-order valence-corrected chi connectivity index (χ0v) is 15.1. The number of alkyl halides is 1. The Bertz CT molecular complexity index is 585. The third kappa shape index (κ3) is 4.32. The maximum absolute atomic E-state index is 12.6. The van der Waals surface area contributed by atoms with E-state index >= 15 is 0 Å². The van der Waals surface area contributed by atoms with E-state index < -0.39 is 0 Å². The van der Waals surface area contributed by atoms with Crippen LogP contribution in [0, 0.1) is 0 Å². The molecular weight excluding hydrogens is 319 g/mol. The first-order valence-electron chi connectivity index (χ1n) is 9.51. The van der Waals surface area contributed by atoms with Gasteiger partial charge >= 0.3 is 0 Å². The van der Waals surface area contributed by atoms with E-state index in [1.807, 2.05) is 24.3 Å². The normalized spacial score (nSPS) is 22.2. The molecule has 5 heteroatoms. The number of ether oxygens (including phenoxy) is 1. The van der Waals surface area contributed by atoms with E-state index in [0.29, 0.717) is 13.0 Å². The maximum atomic E-state index is 12.6. The predicted molar refractivity (Wildman–Crippen MR) is 96.5 cm³/mol. The number of hydrogen-bond donors (Lipinski definition) is 1. The van der Waals surface area contributed by atoms with Crippen molar-refractivity contribution in [3.63, 3.8) is 0 Å². The number of likely N-dealkylation sites (tertiary alicyclic amines) is 1. The number of carbonyl (C=O) groups is 1. The molecule has 3 rings (SSSR count). The number of para-hydroxylation sites is 1. The molecule has 4 nitrogen and oxygen atoms in total. The number of piperidine rings is 1. The summed E-state index contributed by atoms with van der Waals surface area (Å²) >= 11 is 0. The highest BCUT2D eigenvalue weighted by Gasteiger charge is 2.43. The summed E-state index contributed by atoms with van der Waals surface area (Å²) in [5, 5.41) is 3.23. The second-order valence-electron chi connectivity index (χ2n) is 7.28. The molecule has 0 radical (unpaired) electrons. The predicted octanol–water partition coefficient (Wildman–Crippen LogP) is 3.62. The molecule has 1 atom stereocenters. The SMILES string of the molecule is CCCCC(=O)NC1CC2(CCN(CCF)CC2)Oc2ccccc21. The van der Waals surface area contributed by atoms with Gasteiger partial charge in [0.1, 0.15) is 18.0 Å². The number of nitrogens with zero attached hydrogens (tertiary/aromatic N) is 1. The summed E-state index contributed by atoms with van der Waals surface area (Å²) in [6.07, 6.45) is 5.07. The van der Waals surface area contributed by atoms with Gasteiger partial charge in [-0.25, -0.2) is 4.39 Å². The lowest BCUT2D eigenvalue weighted by molar-refractivity contribution is -0.122. The molecule has 1 amide bonds. The number of unbranched alkanes of at least 4 members (excludes halogenated alkanes) is 1. The zero-order chi connectivity index (χ0) is 17.7. The number of hydrogen-bond acceptors (Lipinski definition) is 3. The van der Waals surface area contributed by atoms with E-state index in [9.17, 15) is 9.18 Å². The van der Waals surface area contributed by atoms with Crippen LogP contribution < -0.4 is 10.1 Å². The number of benzene rings is 1. The van der Waals surface area contributed by atoms with Crippen molar-refractivity contribution in [3.8, 4) is 5.75 Å². The lowest BCUT2D eigenvalue weighted by Gasteiger charge is -2.47. The van der Waals surface area contributed by atoms with Crippen LogP contribution in [0.5, 0.6) is 5.75 Å². The molecule has 1 spiro atoms. The van der Waals surface area contributed by atoms with E-state index in [4.69, 9.17) is 4.74 Å². The Kier molecular flexibility index (Phi) is 5.94. The molecule has 0 bridgehead atoms. The van der Waals surface area contributed by atoms with Gasteiger partial charge in [0, 0.05) is 38.0 Å². The number of nitrogens with one attached hydrogen (secondary N) is 1. The standard InChI is InChI=1S/C20H29FN2O2/c1-2-3-8-19(24)22-17-15-20(9-12-23(13-10-20)14-11-21)25-18-7-5-4-6-16(17)18/h4-7,17H,2-3,8-15H2,1H3,(H,22,24). The third-order valence-electron chi connectivity index (χ3n) is 5.46. The van der Waals surface area contributed by atoms with Crippen molar-refractivity contribution in [2.45, 2.75) is 57.1 Å². The van der Waals surface area contributed by atoms with Crippen LogP contribution in [0.15, 0.2) is 24.3 Å². The minimum atomic E-state index is -0.299. The Morgan fingerprint density at radius 1 is 1.36 bits per heavy atom. The Balaban J connectivity index is 1.73. The van der Waals surface area contributed by atoms with Crippen molar-refractivity contribution >= 4 is 5.91 Å². The summed E-state index contributed by atoms with van der Waals surface area (Å²) in [7, 11) is 0. The summed E-state index contributed by atoms with van der Waals surface area (Å²) in [5.74, 6) is 1.00. The molecule has 0 aromatic heterocycles. The molecule has 2 aliphatic heterocycles. The molecule has 138 valence electrons. The molecule has 25 heavy (non-hydrogen) atoms. The molecule has 2 heterocycles. The van der Waals surface area contributed by atoms with Gasteiger partial charge in [0.15, 0.2) is 0 Å². The lowest BCUT2D eigenvalue weighted by Crippen LogP contribution is -2.52. The minimum absolute atomic E-state index is 0.00188. The van der Waals surface area contributed by atoms with E-state index in [-0.39, 0.29) is 24.2 Å². The summed E-state index contributed by atoms with van der Waals surface area (Å²) in [6, 6.07) is 8.02. The molecule has 1 N–H and O–H groups in total. The first kappa shape index (κ1) is 18.2. The molecule has 1 aromatic rings. The van der Waals surface area contributed by atoms with Gasteiger partial charge in [0.25, 0.3) is 0 Å². The molecule has 1 fully saturated rings. The van der Waals surface area contributed by atoms with E-state index in [1.54, 1.807) is 0 Å². The van der Waals surface area contributed by atoms with Gasteiger partial charge in [-0.15, -0.1) is 0 Å². The van der Waals surface area contributed by atoms with Crippen LogP contribution in [0.3, 0.4) is 0 Å². The van der Waals surface area contributed by atoms with Crippen molar-refractivity contribution in [2.75, 3.05) is 26.3 Å². The number of rotatable bonds is 6. The summed E-state index contributed by atoms with van der Waals surface area (Å²) < 4.78 is 19.0. The van der Waals surface area contributed by atoms with Gasteiger partial charge in [0.2, 0.25) is 5.91 Å². The Morgan fingerprint density at radius 3 is 2.84 bits per heavy atom. The van der Waals surface area contributed by atoms with Gasteiger partial charge < -0.3 is 15.0 Å². The van der Waals surface area contributed by atoms with Crippen LogP contribution in [0.2, 0.25) is 0 Å². The van der Waals surface area contributed by atoms with Crippen molar-refractivity contribution in [2.24, 2.45) is 0 Å². The Labute approximate surface area is 149 Å². The van der Waals surface area contributed by atoms with Gasteiger partial charge in [0.05, 0.1) is 6.04 Å². The van der Waals surface area contributed by atoms with Crippen molar-refractivity contribution < 1.29 is 13.9 Å². The van der Waals surface area contributed by atoms with Crippen LogP contribution in [0.4, 0.5) is 4.39 Å². The lowest BCUT2D eigenvalue weighted by atomic mass is 9.80. The topological polar surface area (TPSA) is 41.6 Å². The van der Waals surface area contributed by atoms with Crippen molar-refractivity contribution in [1.82, 2.24) is 10.2 Å². The van der Waals surface area contributed by atoms with Crippen LogP contribution in [-0.2, 0) is 4.79 Å². The summed E-state index contributed by atoms with van der Waals surface area (Å²) in [5.41, 5.74) is 0.827. The smallest absolute Gasteiger partial charge is 0.220 e. The maximum Gasteiger partial charge on any atom is 0.220 e. The number of halogens is 1.